The van der Waals surface area contributed by atoms with Crippen LogP contribution in [-0.4, -0.2) is 16.0 Å². The van der Waals surface area contributed by atoms with Crippen LogP contribution in [0.25, 0.3) is 22.6 Å². The quantitative estimate of drug-likeness (QED) is 0.581. The maximum atomic E-state index is 11.0. The van der Waals surface area contributed by atoms with E-state index in [4.69, 9.17) is 28.2 Å². The topological polar surface area (TPSA) is 67.2 Å². The summed E-state index contributed by atoms with van der Waals surface area (Å²) in [5.74, 6) is 0.194. The summed E-state index contributed by atoms with van der Waals surface area (Å²) in [5, 5.41) is 6.19. The van der Waals surface area contributed by atoms with Crippen LogP contribution in [0.5, 0.6) is 0 Å². The molecule has 5 nitrogen and oxygen atoms in total. The van der Waals surface area contributed by atoms with Crippen molar-refractivity contribution in [2.24, 2.45) is 0 Å². The van der Waals surface area contributed by atoms with E-state index in [1.807, 2.05) is 12.1 Å². The number of rotatable bonds is 2. The van der Waals surface area contributed by atoms with Crippen LogP contribution in [0.4, 0.5) is 5.69 Å². The Labute approximate surface area is 156 Å². The predicted molar refractivity (Wildman–Crippen MR) is 102 cm³/mol. The molecule has 1 amide bonds. The summed E-state index contributed by atoms with van der Waals surface area (Å²) in [7, 11) is 0. The van der Waals surface area contributed by atoms with Crippen LogP contribution in [0.2, 0.25) is 5.02 Å². The lowest BCUT2D eigenvalue weighted by Crippen LogP contribution is -2.32. The van der Waals surface area contributed by atoms with E-state index in [2.05, 4.69) is 31.5 Å². The Morgan fingerprint density at radius 1 is 1.29 bits per heavy atom. The zero-order valence-corrected chi connectivity index (χ0v) is 15.6. The third-order valence-electron chi connectivity index (χ3n) is 3.09. The van der Waals surface area contributed by atoms with Crippen molar-refractivity contribution in [2.75, 3.05) is 5.32 Å². The number of benzene rings is 2. The van der Waals surface area contributed by atoms with Gasteiger partial charge >= 0.3 is 0 Å². The number of amides is 1. The van der Waals surface area contributed by atoms with Crippen molar-refractivity contribution in [1.82, 2.24) is 10.3 Å². The molecule has 1 aromatic heterocycles. The van der Waals surface area contributed by atoms with Gasteiger partial charge in [-0.25, -0.2) is 4.98 Å². The fourth-order valence-corrected chi connectivity index (χ4v) is 2.93. The molecule has 3 aromatic rings. The number of carbonyl (C=O) groups is 1. The van der Waals surface area contributed by atoms with E-state index in [0.29, 0.717) is 33.3 Å². The van der Waals surface area contributed by atoms with Gasteiger partial charge in [-0.15, -0.1) is 0 Å². The fraction of sp³-hybridized carbons (Fsp3) is 0.0625. The molecule has 0 bridgehead atoms. The number of nitrogens with one attached hydrogen (secondary N) is 2. The molecule has 0 aliphatic rings. The van der Waals surface area contributed by atoms with Crippen molar-refractivity contribution >= 4 is 67.6 Å². The first kappa shape index (κ1) is 16.9. The second-order valence-corrected chi connectivity index (χ2v) is 6.69. The van der Waals surface area contributed by atoms with Crippen molar-refractivity contribution in [3.05, 3.63) is 45.9 Å². The Hall–Kier alpha value is -1.96. The number of hydrogen-bond acceptors (Lipinski definition) is 4. The van der Waals surface area contributed by atoms with E-state index in [1.165, 1.54) is 6.92 Å². The van der Waals surface area contributed by atoms with E-state index in [-0.39, 0.29) is 11.0 Å². The molecule has 0 saturated heterocycles. The van der Waals surface area contributed by atoms with Crippen LogP contribution >= 0.6 is 39.7 Å². The van der Waals surface area contributed by atoms with Gasteiger partial charge < -0.3 is 15.1 Å². The number of thiocarbonyl (C=S) groups is 1. The van der Waals surface area contributed by atoms with Gasteiger partial charge in [-0.1, -0.05) is 27.5 Å². The van der Waals surface area contributed by atoms with Gasteiger partial charge in [-0.05, 0) is 48.6 Å². The minimum atomic E-state index is -0.235. The van der Waals surface area contributed by atoms with Crippen molar-refractivity contribution < 1.29 is 9.21 Å². The van der Waals surface area contributed by atoms with Gasteiger partial charge in [0.05, 0.1) is 10.6 Å². The number of oxazole rings is 1. The minimum Gasteiger partial charge on any atom is -0.436 e. The predicted octanol–water partition coefficient (Wildman–Crippen LogP) is 4.74. The van der Waals surface area contributed by atoms with Crippen LogP contribution in [-0.2, 0) is 4.79 Å². The van der Waals surface area contributed by atoms with Crippen molar-refractivity contribution in [3.8, 4) is 11.5 Å². The summed E-state index contributed by atoms with van der Waals surface area (Å²) in [4.78, 5) is 15.5. The molecule has 8 heteroatoms. The second kappa shape index (κ2) is 6.88. The number of hydrogen-bond donors (Lipinski definition) is 2. The molecular weight excluding hydrogens is 414 g/mol. The molecule has 3 rings (SSSR count). The van der Waals surface area contributed by atoms with Gasteiger partial charge in [0.25, 0.3) is 0 Å². The number of aromatic nitrogens is 1. The van der Waals surface area contributed by atoms with Crippen molar-refractivity contribution in [3.63, 3.8) is 0 Å². The van der Waals surface area contributed by atoms with Crippen molar-refractivity contribution in [1.29, 1.82) is 0 Å². The van der Waals surface area contributed by atoms with Gasteiger partial charge in [0.15, 0.2) is 10.7 Å². The number of carbonyl (C=O) groups excluding carboxylic acids is 1. The van der Waals surface area contributed by atoms with Crippen LogP contribution in [0.3, 0.4) is 0 Å². The highest BCUT2D eigenvalue weighted by Gasteiger charge is 2.13. The summed E-state index contributed by atoms with van der Waals surface area (Å²) in [6.07, 6.45) is 0. The van der Waals surface area contributed by atoms with E-state index >= 15 is 0 Å². The van der Waals surface area contributed by atoms with Crippen LogP contribution < -0.4 is 10.6 Å². The Morgan fingerprint density at radius 3 is 2.83 bits per heavy atom. The highest BCUT2D eigenvalue weighted by molar-refractivity contribution is 9.10. The SMILES string of the molecule is CC(=O)NC(=S)Nc1ccc2oc(-c3cc(Br)ccc3Cl)nc2c1. The zero-order chi connectivity index (χ0) is 17.3. The number of nitrogens with zero attached hydrogens (tertiary/aromatic N) is 1. The van der Waals surface area contributed by atoms with Crippen molar-refractivity contribution in [2.45, 2.75) is 6.92 Å². The van der Waals surface area contributed by atoms with Crippen LogP contribution in [0.1, 0.15) is 6.92 Å². The summed E-state index contributed by atoms with van der Waals surface area (Å²) in [5.41, 5.74) is 2.67. The second-order valence-electron chi connectivity index (χ2n) is 4.96. The van der Waals surface area contributed by atoms with Gasteiger partial charge in [-0.2, -0.15) is 0 Å². The van der Waals surface area contributed by atoms with E-state index < -0.39 is 0 Å². The van der Waals surface area contributed by atoms with E-state index in [1.54, 1.807) is 24.3 Å². The number of halogens is 2. The zero-order valence-electron chi connectivity index (χ0n) is 12.4. The smallest absolute Gasteiger partial charge is 0.228 e. The molecule has 0 fully saturated rings. The van der Waals surface area contributed by atoms with Gasteiger partial charge in [-0.3, -0.25) is 4.79 Å². The molecule has 2 aromatic carbocycles. The average molecular weight is 425 g/mol. The number of anilines is 1. The van der Waals surface area contributed by atoms with Gasteiger partial charge in [0.2, 0.25) is 11.8 Å². The molecule has 1 heterocycles. The molecular formula is C16H11BrClN3O2S. The van der Waals surface area contributed by atoms with Crippen LogP contribution in [0.15, 0.2) is 45.3 Å². The highest BCUT2D eigenvalue weighted by atomic mass is 79.9. The Bertz CT molecular complexity index is 958. The third kappa shape index (κ3) is 3.75. The van der Waals surface area contributed by atoms with Gasteiger partial charge in [0.1, 0.15) is 5.52 Å². The number of fused-ring (bicyclic) bond motifs is 1. The Kier molecular flexibility index (Phi) is 4.84. The maximum Gasteiger partial charge on any atom is 0.228 e. The van der Waals surface area contributed by atoms with E-state index in [0.717, 1.165) is 4.47 Å². The molecule has 0 aliphatic carbocycles. The molecule has 0 aliphatic heterocycles. The van der Waals surface area contributed by atoms with Crippen LogP contribution in [0, 0.1) is 0 Å². The van der Waals surface area contributed by atoms with E-state index in [9.17, 15) is 4.79 Å². The molecule has 24 heavy (non-hydrogen) atoms. The first-order chi connectivity index (χ1) is 11.4. The standard InChI is InChI=1S/C16H11BrClN3O2S/c1-8(22)19-16(24)20-10-3-5-14-13(7-10)21-15(23-14)11-6-9(17)2-4-12(11)18/h2-7H,1H3,(H2,19,20,22,24). The molecule has 0 atom stereocenters. The molecule has 0 saturated carbocycles. The lowest BCUT2D eigenvalue weighted by molar-refractivity contribution is -0.117. The summed E-state index contributed by atoms with van der Waals surface area (Å²) < 4.78 is 6.65. The maximum absolute atomic E-state index is 11.0. The molecule has 122 valence electrons. The summed E-state index contributed by atoms with van der Waals surface area (Å²) in [6.45, 7) is 1.39. The summed E-state index contributed by atoms with van der Waals surface area (Å²) in [6, 6.07) is 10.8. The lowest BCUT2D eigenvalue weighted by atomic mass is 10.2. The summed E-state index contributed by atoms with van der Waals surface area (Å²) >= 11 is 14.7. The largest absolute Gasteiger partial charge is 0.436 e. The first-order valence-electron chi connectivity index (χ1n) is 6.87. The molecule has 0 radical (unpaired) electrons. The monoisotopic (exact) mass is 423 g/mol. The highest BCUT2D eigenvalue weighted by Crippen LogP contribution is 2.32. The average Bonchev–Trinajstić information content (AvgIpc) is 2.91. The third-order valence-corrected chi connectivity index (χ3v) is 4.12. The molecule has 0 unspecified atom stereocenters. The lowest BCUT2D eigenvalue weighted by Gasteiger charge is -2.07. The van der Waals surface area contributed by atoms with Gasteiger partial charge in [0, 0.05) is 17.1 Å². The molecule has 0 spiro atoms. The minimum absolute atomic E-state index is 0.223. The normalized spacial score (nSPS) is 10.6. The Balaban J connectivity index is 1.93. The first-order valence-corrected chi connectivity index (χ1v) is 8.45. The molecule has 2 N–H and O–H groups in total. The fourth-order valence-electron chi connectivity index (χ4n) is 2.10. The Morgan fingerprint density at radius 2 is 2.08 bits per heavy atom.